The van der Waals surface area contributed by atoms with Crippen LogP contribution in [0.1, 0.15) is 29.5 Å². The van der Waals surface area contributed by atoms with Crippen LogP contribution in [-0.4, -0.2) is 45.2 Å². The van der Waals surface area contributed by atoms with Crippen LogP contribution in [0.3, 0.4) is 0 Å². The zero-order valence-electron chi connectivity index (χ0n) is 17.6. The standard InChI is InChI=1S/C22H31N5O2/c1-16-4-6-17(7-5-16)12-26-10-8-18(9-11-26)13-27-14-19-20(23-15-27)24(2)22(29)25(3)21(19)28/h4-7,18,23H,8-15H2,1-3H3. The monoisotopic (exact) mass is 397 g/mol. The molecular weight excluding hydrogens is 366 g/mol. The number of benzene rings is 1. The molecule has 29 heavy (non-hydrogen) atoms. The zero-order valence-corrected chi connectivity index (χ0v) is 17.6. The van der Waals surface area contributed by atoms with Gasteiger partial charge < -0.3 is 5.32 Å². The summed E-state index contributed by atoms with van der Waals surface area (Å²) in [5.41, 5.74) is 2.91. The summed E-state index contributed by atoms with van der Waals surface area (Å²) in [6.45, 7) is 7.65. The Bertz CT molecular complexity index is 984. The fraction of sp³-hybridized carbons (Fsp3) is 0.545. The van der Waals surface area contributed by atoms with Crippen LogP contribution < -0.4 is 16.6 Å². The largest absolute Gasteiger partial charge is 0.358 e. The Labute approximate surface area is 171 Å². The Balaban J connectivity index is 1.33. The number of piperidine rings is 1. The van der Waals surface area contributed by atoms with Crippen LogP contribution in [0.25, 0.3) is 0 Å². The van der Waals surface area contributed by atoms with Crippen LogP contribution in [0.15, 0.2) is 33.9 Å². The Hall–Kier alpha value is -2.38. The van der Waals surface area contributed by atoms with Crippen LogP contribution in [0.4, 0.5) is 5.82 Å². The van der Waals surface area contributed by atoms with Crippen molar-refractivity contribution >= 4 is 5.82 Å². The Morgan fingerprint density at radius 3 is 2.38 bits per heavy atom. The molecule has 1 N–H and O–H groups in total. The van der Waals surface area contributed by atoms with Crippen molar-refractivity contribution in [3.63, 3.8) is 0 Å². The molecule has 0 bridgehead atoms. The van der Waals surface area contributed by atoms with Crippen LogP contribution >= 0.6 is 0 Å². The molecule has 0 radical (unpaired) electrons. The van der Waals surface area contributed by atoms with E-state index in [1.807, 2.05) is 0 Å². The van der Waals surface area contributed by atoms with Crippen molar-refractivity contribution in [2.45, 2.75) is 32.9 Å². The third kappa shape index (κ3) is 4.16. The molecule has 0 unspecified atom stereocenters. The molecule has 1 aromatic heterocycles. The number of anilines is 1. The van der Waals surface area contributed by atoms with E-state index in [4.69, 9.17) is 0 Å². The third-order valence-electron chi connectivity index (χ3n) is 6.36. The lowest BCUT2D eigenvalue weighted by Crippen LogP contribution is -2.47. The highest BCUT2D eigenvalue weighted by Gasteiger charge is 2.26. The topological polar surface area (TPSA) is 62.5 Å². The molecule has 7 heteroatoms. The molecule has 2 aliphatic rings. The summed E-state index contributed by atoms with van der Waals surface area (Å²) in [5.74, 6) is 1.31. The van der Waals surface area contributed by atoms with E-state index in [9.17, 15) is 9.59 Å². The number of hydrogen-bond acceptors (Lipinski definition) is 5. The highest BCUT2D eigenvalue weighted by molar-refractivity contribution is 5.45. The van der Waals surface area contributed by atoms with Gasteiger partial charge in [0.2, 0.25) is 0 Å². The molecule has 2 aliphatic heterocycles. The predicted octanol–water partition coefficient (Wildman–Crippen LogP) is 1.49. The van der Waals surface area contributed by atoms with Gasteiger partial charge in [0.15, 0.2) is 0 Å². The van der Waals surface area contributed by atoms with E-state index in [-0.39, 0.29) is 11.2 Å². The van der Waals surface area contributed by atoms with Gasteiger partial charge in [0.25, 0.3) is 5.56 Å². The van der Waals surface area contributed by atoms with Crippen molar-refractivity contribution in [1.29, 1.82) is 0 Å². The molecule has 0 saturated carbocycles. The maximum absolute atomic E-state index is 12.5. The molecule has 3 heterocycles. The molecule has 156 valence electrons. The first-order valence-corrected chi connectivity index (χ1v) is 10.5. The highest BCUT2D eigenvalue weighted by atomic mass is 16.2. The van der Waals surface area contributed by atoms with Gasteiger partial charge in [-0.2, -0.15) is 0 Å². The molecule has 7 nitrogen and oxygen atoms in total. The van der Waals surface area contributed by atoms with Crippen LogP contribution in [0.2, 0.25) is 0 Å². The van der Waals surface area contributed by atoms with Crippen molar-refractivity contribution < 1.29 is 0 Å². The fourth-order valence-corrected chi connectivity index (χ4v) is 4.52. The molecule has 1 aromatic carbocycles. The van der Waals surface area contributed by atoms with Gasteiger partial charge in [0.1, 0.15) is 5.82 Å². The lowest BCUT2D eigenvalue weighted by atomic mass is 9.95. The number of likely N-dealkylation sites (tertiary alicyclic amines) is 1. The molecule has 0 atom stereocenters. The summed E-state index contributed by atoms with van der Waals surface area (Å²) in [5, 5.41) is 3.29. The SMILES string of the molecule is Cc1ccc(CN2CCC(CN3CNc4c(c(=O)n(C)c(=O)n4C)C3)CC2)cc1. The van der Waals surface area contributed by atoms with E-state index in [1.54, 1.807) is 14.1 Å². The van der Waals surface area contributed by atoms with E-state index in [1.165, 1.54) is 33.1 Å². The van der Waals surface area contributed by atoms with E-state index in [0.717, 1.165) is 26.2 Å². The van der Waals surface area contributed by atoms with E-state index < -0.39 is 0 Å². The first-order valence-electron chi connectivity index (χ1n) is 10.5. The molecule has 0 spiro atoms. The summed E-state index contributed by atoms with van der Waals surface area (Å²) < 4.78 is 2.74. The second-order valence-electron chi connectivity index (χ2n) is 8.58. The molecule has 0 aliphatic carbocycles. The molecule has 1 fully saturated rings. The number of fused-ring (bicyclic) bond motifs is 1. The number of nitrogens with one attached hydrogen (secondary N) is 1. The van der Waals surface area contributed by atoms with E-state index >= 15 is 0 Å². The summed E-state index contributed by atoms with van der Waals surface area (Å²) >= 11 is 0. The highest BCUT2D eigenvalue weighted by Crippen LogP contribution is 2.23. The smallest absolute Gasteiger partial charge is 0.332 e. The lowest BCUT2D eigenvalue weighted by molar-refractivity contribution is 0.136. The second kappa shape index (κ2) is 8.16. The van der Waals surface area contributed by atoms with Gasteiger partial charge in [-0.1, -0.05) is 29.8 Å². The van der Waals surface area contributed by atoms with Crippen molar-refractivity contribution in [2.75, 3.05) is 31.6 Å². The second-order valence-corrected chi connectivity index (χ2v) is 8.58. The normalized spacial score (nSPS) is 18.4. The van der Waals surface area contributed by atoms with Gasteiger partial charge in [-0.25, -0.2) is 4.79 Å². The Morgan fingerprint density at radius 1 is 1.00 bits per heavy atom. The van der Waals surface area contributed by atoms with E-state index in [0.29, 0.717) is 30.5 Å². The van der Waals surface area contributed by atoms with Crippen molar-refractivity contribution in [3.05, 3.63) is 61.8 Å². The quantitative estimate of drug-likeness (QED) is 0.847. The summed E-state index contributed by atoms with van der Waals surface area (Å²) in [6, 6.07) is 8.82. The zero-order chi connectivity index (χ0) is 20.5. The van der Waals surface area contributed by atoms with Gasteiger partial charge in [0.05, 0.1) is 12.2 Å². The molecule has 0 amide bonds. The molecule has 4 rings (SSSR count). The third-order valence-corrected chi connectivity index (χ3v) is 6.36. The lowest BCUT2D eigenvalue weighted by Gasteiger charge is -2.37. The first-order chi connectivity index (χ1) is 13.9. The van der Waals surface area contributed by atoms with Gasteiger partial charge in [-0.3, -0.25) is 23.7 Å². The number of rotatable bonds is 4. The van der Waals surface area contributed by atoms with Gasteiger partial charge >= 0.3 is 5.69 Å². The molecule has 2 aromatic rings. The fourth-order valence-electron chi connectivity index (χ4n) is 4.52. The average molecular weight is 398 g/mol. The van der Waals surface area contributed by atoms with Crippen molar-refractivity contribution in [3.8, 4) is 0 Å². The predicted molar refractivity (Wildman–Crippen MR) is 115 cm³/mol. The van der Waals surface area contributed by atoms with Crippen molar-refractivity contribution in [2.24, 2.45) is 20.0 Å². The first kappa shape index (κ1) is 19.9. The maximum atomic E-state index is 12.5. The minimum atomic E-state index is -0.282. The Morgan fingerprint density at radius 2 is 1.69 bits per heavy atom. The van der Waals surface area contributed by atoms with Gasteiger partial charge in [0, 0.05) is 33.7 Å². The van der Waals surface area contributed by atoms with Gasteiger partial charge in [-0.05, 0) is 44.3 Å². The van der Waals surface area contributed by atoms with Crippen LogP contribution in [0.5, 0.6) is 0 Å². The summed E-state index contributed by atoms with van der Waals surface area (Å²) in [6.07, 6.45) is 2.36. The van der Waals surface area contributed by atoms with Crippen LogP contribution in [0, 0.1) is 12.8 Å². The minimum absolute atomic E-state index is 0.187. The minimum Gasteiger partial charge on any atom is -0.358 e. The van der Waals surface area contributed by atoms with Crippen molar-refractivity contribution in [1.82, 2.24) is 18.9 Å². The summed E-state index contributed by atoms with van der Waals surface area (Å²) in [4.78, 5) is 29.5. The maximum Gasteiger partial charge on any atom is 0.332 e. The Kier molecular flexibility index (Phi) is 5.61. The molecular formula is C22H31N5O2. The molecule has 1 saturated heterocycles. The van der Waals surface area contributed by atoms with Crippen LogP contribution in [-0.2, 0) is 27.2 Å². The average Bonchev–Trinajstić information content (AvgIpc) is 2.73. The van der Waals surface area contributed by atoms with Gasteiger partial charge in [-0.15, -0.1) is 0 Å². The number of aryl methyl sites for hydroxylation is 1. The number of nitrogens with zero attached hydrogens (tertiary/aromatic N) is 4. The van der Waals surface area contributed by atoms with E-state index in [2.05, 4.69) is 46.3 Å². The number of hydrogen-bond donors (Lipinski definition) is 1. The number of aromatic nitrogens is 2. The summed E-state index contributed by atoms with van der Waals surface area (Å²) in [7, 11) is 3.26.